The molecule has 25 heavy (non-hydrogen) atoms. The van der Waals surface area contributed by atoms with Crippen LogP contribution in [0.3, 0.4) is 0 Å². The SMILES string of the molecule is CC(C)Oc1cccc(/C=N/NC(=O)c2nc(Cl)c(Cl)c(N)c2Cl)c1. The number of hydrogen-bond acceptors (Lipinski definition) is 5. The normalized spacial score (nSPS) is 11.1. The molecule has 0 aliphatic carbocycles. The van der Waals surface area contributed by atoms with E-state index in [4.69, 9.17) is 45.3 Å². The Morgan fingerprint density at radius 2 is 2.04 bits per heavy atom. The largest absolute Gasteiger partial charge is 0.491 e. The molecule has 3 N–H and O–H groups in total. The van der Waals surface area contributed by atoms with Crippen LogP contribution in [-0.4, -0.2) is 23.2 Å². The molecule has 0 saturated heterocycles. The molecule has 2 rings (SSSR count). The van der Waals surface area contributed by atoms with Crippen LogP contribution in [0.1, 0.15) is 29.9 Å². The summed E-state index contributed by atoms with van der Waals surface area (Å²) in [5.74, 6) is 0.0355. The van der Waals surface area contributed by atoms with Crippen LogP contribution in [0.25, 0.3) is 0 Å². The fraction of sp³-hybridized carbons (Fsp3) is 0.188. The first-order valence-corrected chi connectivity index (χ1v) is 8.33. The standard InChI is InChI=1S/C16H15Cl3N4O2/c1-8(2)25-10-5-3-4-9(6-10)7-21-23-16(24)14-11(17)13(20)12(18)15(19)22-14/h3-8H,1-2H3,(H2,20,22)(H,23,24)/b21-7+. The van der Waals surface area contributed by atoms with E-state index in [1.807, 2.05) is 32.0 Å². The van der Waals surface area contributed by atoms with Gasteiger partial charge in [-0.15, -0.1) is 0 Å². The Hall–Kier alpha value is -2.02. The Balaban J connectivity index is 2.11. The van der Waals surface area contributed by atoms with Crippen molar-refractivity contribution >= 4 is 52.6 Å². The van der Waals surface area contributed by atoms with Crippen molar-refractivity contribution in [1.82, 2.24) is 10.4 Å². The van der Waals surface area contributed by atoms with Crippen molar-refractivity contribution in [2.45, 2.75) is 20.0 Å². The van der Waals surface area contributed by atoms with Crippen LogP contribution >= 0.6 is 34.8 Å². The van der Waals surface area contributed by atoms with Gasteiger partial charge in [-0.1, -0.05) is 46.9 Å². The Labute approximate surface area is 159 Å². The van der Waals surface area contributed by atoms with Crippen LogP contribution in [0.5, 0.6) is 5.75 Å². The third-order valence-corrected chi connectivity index (χ3v) is 4.03. The van der Waals surface area contributed by atoms with Crippen molar-refractivity contribution in [3.63, 3.8) is 0 Å². The van der Waals surface area contributed by atoms with Gasteiger partial charge in [0, 0.05) is 0 Å². The molecule has 0 unspecified atom stereocenters. The predicted octanol–water partition coefficient (Wildman–Crippen LogP) is 4.18. The fourth-order valence-corrected chi connectivity index (χ4v) is 2.43. The van der Waals surface area contributed by atoms with E-state index in [0.29, 0.717) is 5.75 Å². The molecular formula is C16H15Cl3N4O2. The summed E-state index contributed by atoms with van der Waals surface area (Å²) in [6, 6.07) is 7.25. The van der Waals surface area contributed by atoms with Crippen LogP contribution in [-0.2, 0) is 0 Å². The number of hydrogen-bond donors (Lipinski definition) is 2. The molecule has 132 valence electrons. The minimum atomic E-state index is -0.666. The number of nitrogens with one attached hydrogen (secondary N) is 1. The number of carbonyl (C=O) groups excluding carboxylic acids is 1. The van der Waals surface area contributed by atoms with Gasteiger partial charge in [-0.25, -0.2) is 10.4 Å². The molecular weight excluding hydrogens is 387 g/mol. The highest BCUT2D eigenvalue weighted by Gasteiger charge is 2.19. The Morgan fingerprint density at radius 1 is 1.32 bits per heavy atom. The maximum atomic E-state index is 12.1. The molecule has 2 aromatic rings. The molecule has 1 amide bonds. The number of benzene rings is 1. The van der Waals surface area contributed by atoms with E-state index in [-0.39, 0.29) is 32.7 Å². The van der Waals surface area contributed by atoms with Gasteiger partial charge < -0.3 is 10.5 Å². The highest BCUT2D eigenvalue weighted by Crippen LogP contribution is 2.34. The summed E-state index contributed by atoms with van der Waals surface area (Å²) in [4.78, 5) is 16.0. The van der Waals surface area contributed by atoms with Crippen molar-refractivity contribution in [3.8, 4) is 5.75 Å². The minimum absolute atomic E-state index is 0.00585. The molecule has 1 aromatic heterocycles. The zero-order valence-corrected chi connectivity index (χ0v) is 15.7. The molecule has 9 heteroatoms. The third kappa shape index (κ3) is 4.98. The summed E-state index contributed by atoms with van der Waals surface area (Å²) >= 11 is 17.6. The Kier molecular flexibility index (Phi) is 6.47. The summed E-state index contributed by atoms with van der Waals surface area (Å²) in [5, 5.41) is 3.66. The first-order chi connectivity index (χ1) is 11.8. The lowest BCUT2D eigenvalue weighted by atomic mass is 10.2. The van der Waals surface area contributed by atoms with Crippen molar-refractivity contribution in [2.75, 3.05) is 5.73 Å². The topological polar surface area (TPSA) is 89.6 Å². The maximum absolute atomic E-state index is 12.1. The summed E-state index contributed by atoms with van der Waals surface area (Å²) in [7, 11) is 0. The number of aromatic nitrogens is 1. The fourth-order valence-electron chi connectivity index (χ4n) is 1.84. The van der Waals surface area contributed by atoms with Crippen LogP contribution in [0.15, 0.2) is 29.4 Å². The number of anilines is 1. The van der Waals surface area contributed by atoms with Crippen LogP contribution in [0.2, 0.25) is 15.2 Å². The second-order valence-electron chi connectivity index (χ2n) is 5.23. The molecule has 0 aliphatic rings. The van der Waals surface area contributed by atoms with E-state index in [1.165, 1.54) is 6.21 Å². The highest BCUT2D eigenvalue weighted by molar-refractivity contribution is 6.46. The summed E-state index contributed by atoms with van der Waals surface area (Å²) < 4.78 is 5.59. The number of nitrogen functional groups attached to an aromatic ring is 1. The molecule has 0 bridgehead atoms. The van der Waals surface area contributed by atoms with E-state index in [2.05, 4.69) is 15.5 Å². The third-order valence-electron chi connectivity index (χ3n) is 2.90. The van der Waals surface area contributed by atoms with Gasteiger partial charge in [0.2, 0.25) is 0 Å². The zero-order chi connectivity index (χ0) is 18.6. The van der Waals surface area contributed by atoms with Gasteiger partial charge in [0.25, 0.3) is 5.91 Å². The number of nitrogens with two attached hydrogens (primary N) is 1. The smallest absolute Gasteiger partial charge is 0.291 e. The average molecular weight is 402 g/mol. The van der Waals surface area contributed by atoms with Gasteiger partial charge in [-0.05, 0) is 31.5 Å². The Morgan fingerprint density at radius 3 is 2.72 bits per heavy atom. The number of pyridine rings is 1. The second kappa shape index (κ2) is 8.38. The van der Waals surface area contributed by atoms with Gasteiger partial charge >= 0.3 is 0 Å². The van der Waals surface area contributed by atoms with Crippen molar-refractivity contribution < 1.29 is 9.53 Å². The summed E-state index contributed by atoms with van der Waals surface area (Å²) in [6.45, 7) is 3.86. The van der Waals surface area contributed by atoms with Crippen molar-refractivity contribution in [2.24, 2.45) is 5.10 Å². The molecule has 0 atom stereocenters. The maximum Gasteiger partial charge on any atom is 0.291 e. The summed E-state index contributed by atoms with van der Waals surface area (Å²) in [5.41, 5.74) is 8.54. The predicted molar refractivity (Wildman–Crippen MR) is 101 cm³/mol. The lowest BCUT2D eigenvalue weighted by Gasteiger charge is -2.09. The lowest BCUT2D eigenvalue weighted by molar-refractivity contribution is 0.0950. The average Bonchev–Trinajstić information content (AvgIpc) is 2.56. The van der Waals surface area contributed by atoms with E-state index in [9.17, 15) is 4.79 Å². The highest BCUT2D eigenvalue weighted by atomic mass is 35.5. The molecule has 0 aliphatic heterocycles. The molecule has 6 nitrogen and oxygen atoms in total. The quantitative estimate of drug-likeness (QED) is 0.447. The zero-order valence-electron chi connectivity index (χ0n) is 13.4. The summed E-state index contributed by atoms with van der Waals surface area (Å²) in [6.07, 6.45) is 1.51. The number of carbonyl (C=O) groups is 1. The van der Waals surface area contributed by atoms with E-state index in [1.54, 1.807) is 6.07 Å². The second-order valence-corrected chi connectivity index (χ2v) is 6.35. The Bertz CT molecular complexity index is 825. The van der Waals surface area contributed by atoms with Gasteiger partial charge in [-0.3, -0.25) is 4.79 Å². The van der Waals surface area contributed by atoms with Gasteiger partial charge in [0.1, 0.15) is 10.8 Å². The number of rotatable bonds is 5. The van der Waals surface area contributed by atoms with Gasteiger partial charge in [-0.2, -0.15) is 5.10 Å². The monoisotopic (exact) mass is 400 g/mol. The van der Waals surface area contributed by atoms with Crippen molar-refractivity contribution in [3.05, 3.63) is 50.7 Å². The van der Waals surface area contributed by atoms with Crippen LogP contribution in [0, 0.1) is 0 Å². The number of amides is 1. The first-order valence-electron chi connectivity index (χ1n) is 7.19. The van der Waals surface area contributed by atoms with Crippen molar-refractivity contribution in [1.29, 1.82) is 0 Å². The number of nitrogens with zero attached hydrogens (tertiary/aromatic N) is 2. The van der Waals surface area contributed by atoms with Gasteiger partial charge in [0.15, 0.2) is 10.8 Å². The molecule has 0 spiro atoms. The number of hydrazone groups is 1. The molecule has 0 saturated carbocycles. The van der Waals surface area contributed by atoms with E-state index >= 15 is 0 Å². The van der Waals surface area contributed by atoms with Gasteiger partial charge in [0.05, 0.1) is 23.0 Å². The molecule has 1 heterocycles. The molecule has 1 aromatic carbocycles. The first kappa shape index (κ1) is 19.3. The minimum Gasteiger partial charge on any atom is -0.491 e. The number of ether oxygens (including phenoxy) is 1. The van der Waals surface area contributed by atoms with Crippen LogP contribution < -0.4 is 15.9 Å². The lowest BCUT2D eigenvalue weighted by Crippen LogP contribution is -2.20. The van der Waals surface area contributed by atoms with E-state index in [0.717, 1.165) is 5.56 Å². The van der Waals surface area contributed by atoms with E-state index < -0.39 is 5.91 Å². The molecule has 0 radical (unpaired) electrons. The number of halogens is 3. The van der Waals surface area contributed by atoms with Crippen LogP contribution in [0.4, 0.5) is 5.69 Å². The molecule has 0 fully saturated rings.